The SMILES string of the molecule is C/C(=C\CON)CCC1C(C)(C)CCCC1(C)C. The van der Waals surface area contributed by atoms with Gasteiger partial charge in [-0.2, -0.15) is 0 Å². The van der Waals surface area contributed by atoms with Gasteiger partial charge in [0.05, 0.1) is 6.61 Å². The van der Waals surface area contributed by atoms with Crippen LogP contribution in [0.1, 0.15) is 66.7 Å². The van der Waals surface area contributed by atoms with E-state index < -0.39 is 0 Å². The van der Waals surface area contributed by atoms with Gasteiger partial charge in [-0.05, 0) is 49.4 Å². The van der Waals surface area contributed by atoms with Gasteiger partial charge in [0.25, 0.3) is 0 Å². The summed E-state index contributed by atoms with van der Waals surface area (Å²) in [6, 6.07) is 0. The summed E-state index contributed by atoms with van der Waals surface area (Å²) in [6.45, 7) is 12.5. The molecular weight excluding hydrogens is 222 g/mol. The molecule has 0 amide bonds. The van der Waals surface area contributed by atoms with Gasteiger partial charge in [0.2, 0.25) is 0 Å². The maximum absolute atomic E-state index is 5.06. The minimum atomic E-state index is 0.479. The van der Waals surface area contributed by atoms with Crippen molar-refractivity contribution in [2.24, 2.45) is 22.6 Å². The Morgan fingerprint density at radius 1 is 1.22 bits per heavy atom. The number of rotatable bonds is 5. The molecule has 0 saturated heterocycles. The summed E-state index contributed by atoms with van der Waals surface area (Å²) >= 11 is 0. The standard InChI is InChI=1S/C16H31NO/c1-13(9-12-18-17)7-8-14-15(2,3)10-6-11-16(14,4)5/h9,14H,6-8,10-12,17H2,1-5H3/b13-9+. The van der Waals surface area contributed by atoms with E-state index >= 15 is 0 Å². The number of hydrogen-bond donors (Lipinski definition) is 1. The largest absolute Gasteiger partial charge is 0.300 e. The van der Waals surface area contributed by atoms with Gasteiger partial charge >= 0.3 is 0 Å². The molecule has 0 aromatic rings. The number of hydrogen-bond acceptors (Lipinski definition) is 2. The molecule has 1 aliphatic carbocycles. The quantitative estimate of drug-likeness (QED) is 0.580. The van der Waals surface area contributed by atoms with Gasteiger partial charge in [-0.1, -0.05) is 45.8 Å². The van der Waals surface area contributed by atoms with Crippen LogP contribution in [0.25, 0.3) is 0 Å². The van der Waals surface area contributed by atoms with Crippen LogP contribution in [0.5, 0.6) is 0 Å². The van der Waals surface area contributed by atoms with E-state index in [1.54, 1.807) is 0 Å². The summed E-state index contributed by atoms with van der Waals surface area (Å²) in [5.41, 5.74) is 2.36. The third kappa shape index (κ3) is 4.10. The third-order valence-electron chi connectivity index (χ3n) is 4.88. The Balaban J connectivity index is 2.62. The van der Waals surface area contributed by atoms with Crippen molar-refractivity contribution in [3.8, 4) is 0 Å². The Labute approximate surface area is 113 Å². The lowest BCUT2D eigenvalue weighted by atomic mass is 9.56. The van der Waals surface area contributed by atoms with Crippen LogP contribution in [-0.2, 0) is 4.84 Å². The van der Waals surface area contributed by atoms with Gasteiger partial charge in [-0.25, -0.2) is 5.90 Å². The average molecular weight is 253 g/mol. The van der Waals surface area contributed by atoms with E-state index in [0.29, 0.717) is 17.4 Å². The molecule has 0 aliphatic heterocycles. The first-order valence-corrected chi connectivity index (χ1v) is 7.27. The Hall–Kier alpha value is -0.340. The first-order chi connectivity index (χ1) is 8.29. The summed E-state index contributed by atoms with van der Waals surface area (Å²) in [7, 11) is 0. The monoisotopic (exact) mass is 253 g/mol. The maximum atomic E-state index is 5.06. The fraction of sp³-hybridized carbons (Fsp3) is 0.875. The second-order valence-electron chi connectivity index (χ2n) is 7.31. The van der Waals surface area contributed by atoms with Crippen molar-refractivity contribution in [2.75, 3.05) is 6.61 Å². The molecule has 0 bridgehead atoms. The Bertz CT molecular complexity index is 275. The normalized spacial score (nSPS) is 24.2. The van der Waals surface area contributed by atoms with Crippen LogP contribution in [0.2, 0.25) is 0 Å². The second-order valence-corrected chi connectivity index (χ2v) is 7.31. The van der Waals surface area contributed by atoms with Crippen molar-refractivity contribution >= 4 is 0 Å². The van der Waals surface area contributed by atoms with Crippen molar-refractivity contribution in [3.05, 3.63) is 11.6 Å². The van der Waals surface area contributed by atoms with Crippen molar-refractivity contribution < 1.29 is 4.84 Å². The van der Waals surface area contributed by atoms with Gasteiger partial charge in [-0.15, -0.1) is 0 Å². The molecule has 0 heterocycles. The van der Waals surface area contributed by atoms with E-state index in [-0.39, 0.29) is 0 Å². The molecule has 0 aromatic carbocycles. The molecule has 0 atom stereocenters. The van der Waals surface area contributed by atoms with Crippen LogP contribution in [0.4, 0.5) is 0 Å². The molecule has 106 valence electrons. The first-order valence-electron chi connectivity index (χ1n) is 7.27. The lowest BCUT2D eigenvalue weighted by Crippen LogP contribution is -2.40. The van der Waals surface area contributed by atoms with E-state index in [1.807, 2.05) is 0 Å². The van der Waals surface area contributed by atoms with Crippen molar-refractivity contribution in [1.29, 1.82) is 0 Å². The van der Waals surface area contributed by atoms with E-state index in [0.717, 1.165) is 5.92 Å². The molecule has 2 N–H and O–H groups in total. The zero-order chi connectivity index (χ0) is 13.8. The van der Waals surface area contributed by atoms with Gasteiger partial charge < -0.3 is 4.84 Å². The third-order valence-corrected chi connectivity index (χ3v) is 4.88. The van der Waals surface area contributed by atoms with Crippen LogP contribution in [0.15, 0.2) is 11.6 Å². The minimum absolute atomic E-state index is 0.479. The molecule has 0 unspecified atom stereocenters. The van der Waals surface area contributed by atoms with Gasteiger partial charge in [0.15, 0.2) is 0 Å². The first kappa shape index (κ1) is 15.7. The molecule has 0 radical (unpaired) electrons. The van der Waals surface area contributed by atoms with Crippen LogP contribution in [-0.4, -0.2) is 6.61 Å². The predicted octanol–water partition coefficient (Wildman–Crippen LogP) is 4.46. The van der Waals surface area contributed by atoms with Crippen molar-refractivity contribution in [3.63, 3.8) is 0 Å². The summed E-state index contributed by atoms with van der Waals surface area (Å²) in [5.74, 6) is 5.86. The summed E-state index contributed by atoms with van der Waals surface area (Å²) in [4.78, 5) is 4.61. The second kappa shape index (κ2) is 6.21. The molecule has 1 fully saturated rings. The highest BCUT2D eigenvalue weighted by molar-refractivity contribution is 5.01. The van der Waals surface area contributed by atoms with Crippen LogP contribution < -0.4 is 5.90 Å². The predicted molar refractivity (Wildman–Crippen MR) is 78.0 cm³/mol. The lowest BCUT2D eigenvalue weighted by Gasteiger charge is -2.49. The molecule has 1 saturated carbocycles. The topological polar surface area (TPSA) is 35.2 Å². The van der Waals surface area contributed by atoms with Crippen LogP contribution in [0, 0.1) is 16.7 Å². The molecule has 2 heteroatoms. The molecule has 1 rings (SSSR count). The molecule has 18 heavy (non-hydrogen) atoms. The van der Waals surface area contributed by atoms with Gasteiger partial charge in [-0.3, -0.25) is 0 Å². The maximum Gasteiger partial charge on any atom is 0.0863 e. The van der Waals surface area contributed by atoms with E-state index in [2.05, 4.69) is 45.5 Å². The highest BCUT2D eigenvalue weighted by Gasteiger charge is 2.42. The zero-order valence-electron chi connectivity index (χ0n) is 12.9. The molecule has 0 spiro atoms. The van der Waals surface area contributed by atoms with Crippen molar-refractivity contribution in [1.82, 2.24) is 0 Å². The van der Waals surface area contributed by atoms with E-state index in [1.165, 1.54) is 37.7 Å². The molecular formula is C16H31NO. The van der Waals surface area contributed by atoms with Gasteiger partial charge in [0, 0.05) is 0 Å². The smallest absolute Gasteiger partial charge is 0.0863 e. The summed E-state index contributed by atoms with van der Waals surface area (Å²) < 4.78 is 0. The number of allylic oxidation sites excluding steroid dienone is 1. The number of nitrogens with two attached hydrogens (primary N) is 1. The van der Waals surface area contributed by atoms with Crippen LogP contribution >= 0.6 is 0 Å². The molecule has 0 aromatic heterocycles. The summed E-state index contributed by atoms with van der Waals surface area (Å²) in [6.07, 6.45) is 8.68. The molecule has 2 nitrogen and oxygen atoms in total. The zero-order valence-corrected chi connectivity index (χ0v) is 12.9. The average Bonchev–Trinajstić information content (AvgIpc) is 2.23. The fourth-order valence-electron chi connectivity index (χ4n) is 3.85. The van der Waals surface area contributed by atoms with Gasteiger partial charge in [0.1, 0.15) is 0 Å². The van der Waals surface area contributed by atoms with E-state index in [4.69, 9.17) is 5.90 Å². The highest BCUT2D eigenvalue weighted by Crippen LogP contribution is 2.52. The molecule has 1 aliphatic rings. The highest BCUT2D eigenvalue weighted by atomic mass is 16.6. The summed E-state index contributed by atoms with van der Waals surface area (Å²) in [5, 5.41) is 0. The Morgan fingerprint density at radius 3 is 2.28 bits per heavy atom. The fourth-order valence-corrected chi connectivity index (χ4v) is 3.85. The van der Waals surface area contributed by atoms with E-state index in [9.17, 15) is 0 Å². The Morgan fingerprint density at radius 2 is 1.78 bits per heavy atom. The van der Waals surface area contributed by atoms with Crippen LogP contribution in [0.3, 0.4) is 0 Å². The Kier molecular flexibility index (Phi) is 5.42. The lowest BCUT2D eigenvalue weighted by molar-refractivity contribution is 0.00883. The van der Waals surface area contributed by atoms with Crippen molar-refractivity contribution in [2.45, 2.75) is 66.7 Å². The minimum Gasteiger partial charge on any atom is -0.300 e.